The Morgan fingerprint density at radius 2 is 1.64 bits per heavy atom. The van der Waals surface area contributed by atoms with Gasteiger partial charge in [-0.15, -0.1) is 11.6 Å². The number of hydrogen-bond donors (Lipinski definition) is 0. The van der Waals surface area contributed by atoms with Gasteiger partial charge in [-0.3, -0.25) is 0 Å². The fraction of sp³-hybridized carbons (Fsp3) is 1.00. The monoisotopic (exact) mass is 238 g/mol. The molecule has 1 saturated carbocycles. The summed E-state index contributed by atoms with van der Waals surface area (Å²) in [6.07, 6.45) is 4.29. The highest BCUT2D eigenvalue weighted by molar-refractivity contribution is 6.62. The fourth-order valence-corrected chi connectivity index (χ4v) is 5.35. The molecule has 0 aromatic heterocycles. The molecule has 0 bridgehead atoms. The Morgan fingerprint density at radius 1 is 1.07 bits per heavy atom. The van der Waals surface area contributed by atoms with Gasteiger partial charge in [-0.25, -0.2) is 0 Å². The predicted molar refractivity (Wildman–Crippen MR) is 58.6 cm³/mol. The molecule has 0 N–H and O–H groups in total. The summed E-state index contributed by atoms with van der Waals surface area (Å²) >= 11 is 6.14. The smallest absolute Gasteiger partial charge is 0.377 e. The van der Waals surface area contributed by atoms with Crippen LogP contribution in [0.3, 0.4) is 0 Å². The Labute approximate surface area is 92.0 Å². The van der Waals surface area contributed by atoms with Crippen molar-refractivity contribution < 1.29 is 13.3 Å². The van der Waals surface area contributed by atoms with E-state index in [1.54, 1.807) is 21.3 Å². The van der Waals surface area contributed by atoms with Gasteiger partial charge in [0.1, 0.15) is 0 Å². The Bertz CT molecular complexity index is 167. The molecule has 2 atom stereocenters. The van der Waals surface area contributed by atoms with Crippen LogP contribution in [0.2, 0.25) is 5.54 Å². The van der Waals surface area contributed by atoms with Crippen molar-refractivity contribution in [1.29, 1.82) is 0 Å². The second-order valence-corrected chi connectivity index (χ2v) is 7.54. The van der Waals surface area contributed by atoms with Crippen LogP contribution < -0.4 is 0 Å². The van der Waals surface area contributed by atoms with E-state index in [1.807, 2.05) is 0 Å². The summed E-state index contributed by atoms with van der Waals surface area (Å²) in [5.74, 6) is 0. The van der Waals surface area contributed by atoms with Crippen molar-refractivity contribution >= 4 is 20.4 Å². The van der Waals surface area contributed by atoms with E-state index in [9.17, 15) is 0 Å². The number of rotatable bonds is 4. The summed E-state index contributed by atoms with van der Waals surface area (Å²) in [4.78, 5) is 0. The van der Waals surface area contributed by atoms with Crippen molar-refractivity contribution in [3.8, 4) is 0 Å². The first-order valence-electron chi connectivity index (χ1n) is 4.98. The molecule has 1 rings (SSSR count). The molecule has 3 nitrogen and oxygen atoms in total. The minimum atomic E-state index is -2.44. The fourth-order valence-electron chi connectivity index (χ4n) is 2.20. The van der Waals surface area contributed by atoms with E-state index in [1.165, 1.54) is 0 Å². The van der Waals surface area contributed by atoms with Crippen LogP contribution in [0, 0.1) is 0 Å². The normalized spacial score (nSPS) is 29.1. The molecule has 2 unspecified atom stereocenters. The van der Waals surface area contributed by atoms with E-state index in [2.05, 4.69) is 0 Å². The van der Waals surface area contributed by atoms with Gasteiger partial charge in [0, 0.05) is 32.2 Å². The third kappa shape index (κ3) is 2.49. The average molecular weight is 239 g/mol. The summed E-state index contributed by atoms with van der Waals surface area (Å²) in [6.45, 7) is 0. The van der Waals surface area contributed by atoms with Gasteiger partial charge in [0.05, 0.1) is 0 Å². The van der Waals surface area contributed by atoms with Gasteiger partial charge < -0.3 is 13.3 Å². The molecule has 0 spiro atoms. The molecule has 0 amide bonds. The van der Waals surface area contributed by atoms with Crippen LogP contribution in [0.15, 0.2) is 0 Å². The topological polar surface area (TPSA) is 27.7 Å². The molecular weight excluding hydrogens is 220 g/mol. The van der Waals surface area contributed by atoms with E-state index in [-0.39, 0.29) is 5.38 Å². The maximum absolute atomic E-state index is 6.14. The summed E-state index contributed by atoms with van der Waals surface area (Å²) in [7, 11) is 2.55. The van der Waals surface area contributed by atoms with E-state index in [4.69, 9.17) is 24.9 Å². The minimum absolute atomic E-state index is 0.251. The lowest BCUT2D eigenvalue weighted by Crippen LogP contribution is -2.49. The van der Waals surface area contributed by atoms with Crippen LogP contribution in [0.5, 0.6) is 0 Å². The molecule has 0 radical (unpaired) electrons. The van der Waals surface area contributed by atoms with Crippen molar-refractivity contribution in [1.82, 2.24) is 0 Å². The van der Waals surface area contributed by atoms with Gasteiger partial charge in [-0.2, -0.15) is 0 Å². The second-order valence-electron chi connectivity index (χ2n) is 3.68. The van der Waals surface area contributed by atoms with Crippen LogP contribution in [-0.2, 0) is 13.3 Å². The van der Waals surface area contributed by atoms with Crippen LogP contribution >= 0.6 is 11.6 Å². The first kappa shape index (κ1) is 12.5. The van der Waals surface area contributed by atoms with Crippen molar-refractivity contribution in [3.63, 3.8) is 0 Å². The first-order valence-corrected chi connectivity index (χ1v) is 7.22. The standard InChI is InChI=1S/C9H19ClO3Si/c1-11-14(12-2,13-3)9-6-4-5-8(10)7-9/h8-9H,4-7H2,1-3H3. The molecule has 1 aliphatic carbocycles. The van der Waals surface area contributed by atoms with Crippen molar-refractivity contribution in [2.24, 2.45) is 0 Å². The van der Waals surface area contributed by atoms with Crippen LogP contribution in [0.1, 0.15) is 25.7 Å². The molecule has 0 aromatic rings. The zero-order valence-corrected chi connectivity index (χ0v) is 10.8. The van der Waals surface area contributed by atoms with Gasteiger partial charge >= 0.3 is 8.80 Å². The molecule has 0 saturated heterocycles. The molecule has 0 aromatic carbocycles. The molecule has 5 heteroatoms. The van der Waals surface area contributed by atoms with E-state index in [0.717, 1.165) is 25.7 Å². The maximum Gasteiger partial charge on any atom is 0.503 e. The first-order chi connectivity index (χ1) is 6.68. The predicted octanol–water partition coefficient (Wildman–Crippen LogP) is 2.42. The molecule has 14 heavy (non-hydrogen) atoms. The SMILES string of the molecule is CO[Si](OC)(OC)C1CCCC(Cl)C1. The molecular formula is C9H19ClO3Si. The quantitative estimate of drug-likeness (QED) is 0.556. The number of hydrogen-bond acceptors (Lipinski definition) is 3. The summed E-state index contributed by atoms with van der Waals surface area (Å²) in [5, 5.41) is 0.251. The summed E-state index contributed by atoms with van der Waals surface area (Å²) < 4.78 is 16.4. The highest BCUT2D eigenvalue weighted by Crippen LogP contribution is 2.39. The highest BCUT2D eigenvalue weighted by Gasteiger charge is 2.48. The molecule has 0 heterocycles. The van der Waals surface area contributed by atoms with E-state index < -0.39 is 8.80 Å². The van der Waals surface area contributed by atoms with Gasteiger partial charge in [0.15, 0.2) is 0 Å². The van der Waals surface area contributed by atoms with E-state index >= 15 is 0 Å². The van der Waals surface area contributed by atoms with E-state index in [0.29, 0.717) is 5.54 Å². The van der Waals surface area contributed by atoms with Crippen LogP contribution in [-0.4, -0.2) is 35.5 Å². The Morgan fingerprint density at radius 3 is 2.07 bits per heavy atom. The maximum atomic E-state index is 6.14. The van der Waals surface area contributed by atoms with Crippen molar-refractivity contribution in [2.75, 3.05) is 21.3 Å². The van der Waals surface area contributed by atoms with Gasteiger partial charge in [-0.1, -0.05) is 6.42 Å². The van der Waals surface area contributed by atoms with Crippen LogP contribution in [0.4, 0.5) is 0 Å². The van der Waals surface area contributed by atoms with Crippen molar-refractivity contribution in [3.05, 3.63) is 0 Å². The second kappa shape index (κ2) is 5.46. The summed E-state index contributed by atoms with van der Waals surface area (Å²) in [5.41, 5.74) is 0.360. The zero-order chi connectivity index (χ0) is 10.6. The third-order valence-corrected chi connectivity index (χ3v) is 6.59. The highest BCUT2D eigenvalue weighted by atomic mass is 35.5. The molecule has 1 fully saturated rings. The zero-order valence-electron chi connectivity index (χ0n) is 9.09. The molecule has 84 valence electrons. The molecule has 0 aliphatic heterocycles. The van der Waals surface area contributed by atoms with Crippen molar-refractivity contribution in [2.45, 2.75) is 36.6 Å². The Balaban J connectivity index is 2.66. The number of alkyl halides is 1. The third-order valence-electron chi connectivity index (χ3n) is 2.96. The lowest BCUT2D eigenvalue weighted by Gasteiger charge is -2.36. The van der Waals surface area contributed by atoms with Gasteiger partial charge in [-0.05, 0) is 19.3 Å². The van der Waals surface area contributed by atoms with Crippen LogP contribution in [0.25, 0.3) is 0 Å². The Hall–Kier alpha value is 0.387. The molecule has 1 aliphatic rings. The minimum Gasteiger partial charge on any atom is -0.377 e. The van der Waals surface area contributed by atoms with Gasteiger partial charge in [0.25, 0.3) is 0 Å². The summed E-state index contributed by atoms with van der Waals surface area (Å²) in [6, 6.07) is 0. The largest absolute Gasteiger partial charge is 0.503 e. The lowest BCUT2D eigenvalue weighted by atomic mass is 10.00. The van der Waals surface area contributed by atoms with Gasteiger partial charge in [0.2, 0.25) is 0 Å². The lowest BCUT2D eigenvalue weighted by molar-refractivity contribution is 0.105. The number of halogens is 1. The average Bonchev–Trinajstić information content (AvgIpc) is 2.22. The Kier molecular flexibility index (Phi) is 4.86.